The van der Waals surface area contributed by atoms with Crippen LogP contribution in [0.15, 0.2) is 43.0 Å². The molecule has 0 radical (unpaired) electrons. The minimum atomic E-state index is -0.221. The number of carbonyl (C=O) groups excluding carboxylic acids is 1. The highest BCUT2D eigenvalue weighted by molar-refractivity contribution is 5.82. The number of imidazole rings is 1. The number of hydrogen-bond acceptors (Lipinski definition) is 3. The predicted octanol–water partition coefficient (Wildman–Crippen LogP) is 3.19. The lowest BCUT2D eigenvalue weighted by Gasteiger charge is -2.20. The zero-order valence-corrected chi connectivity index (χ0v) is 15.1. The number of hydrogen-bond donors (Lipinski definition) is 1. The van der Waals surface area contributed by atoms with E-state index in [0.29, 0.717) is 0 Å². The Morgan fingerprint density at radius 1 is 1.15 bits per heavy atom. The number of benzene rings is 1. The average molecular weight is 349 g/mol. The van der Waals surface area contributed by atoms with E-state index < -0.39 is 0 Å². The minimum absolute atomic E-state index is 0.0761. The van der Waals surface area contributed by atoms with Gasteiger partial charge in [0, 0.05) is 36.9 Å². The largest absolute Gasteiger partial charge is 0.354 e. The Morgan fingerprint density at radius 3 is 2.85 bits per heavy atom. The number of aromatic nitrogens is 4. The zero-order valence-electron chi connectivity index (χ0n) is 15.1. The molecule has 1 N–H and O–H groups in total. The third-order valence-corrected chi connectivity index (χ3v) is 4.94. The van der Waals surface area contributed by atoms with E-state index in [1.54, 1.807) is 12.4 Å². The summed E-state index contributed by atoms with van der Waals surface area (Å²) >= 11 is 0. The third kappa shape index (κ3) is 2.92. The van der Waals surface area contributed by atoms with Crippen LogP contribution in [-0.2, 0) is 4.79 Å². The van der Waals surface area contributed by atoms with Crippen molar-refractivity contribution in [3.63, 3.8) is 0 Å². The van der Waals surface area contributed by atoms with Crippen molar-refractivity contribution < 1.29 is 4.79 Å². The molecule has 2 aromatic heterocycles. The molecule has 0 spiro atoms. The Hall–Kier alpha value is -2.89. The summed E-state index contributed by atoms with van der Waals surface area (Å²) in [7, 11) is 0. The molecule has 1 fully saturated rings. The van der Waals surface area contributed by atoms with E-state index in [0.717, 1.165) is 48.4 Å². The zero-order chi connectivity index (χ0) is 18.1. The van der Waals surface area contributed by atoms with Crippen LogP contribution in [0, 0.1) is 13.8 Å². The van der Waals surface area contributed by atoms with Crippen LogP contribution < -0.4 is 5.32 Å². The van der Waals surface area contributed by atoms with Gasteiger partial charge in [-0.1, -0.05) is 6.07 Å². The average Bonchev–Trinajstić information content (AvgIpc) is 3.25. The van der Waals surface area contributed by atoms with E-state index in [4.69, 9.17) is 0 Å². The van der Waals surface area contributed by atoms with Crippen LogP contribution in [0.5, 0.6) is 0 Å². The second-order valence-electron chi connectivity index (χ2n) is 6.89. The van der Waals surface area contributed by atoms with Gasteiger partial charge in [-0.15, -0.1) is 0 Å². The fourth-order valence-electron chi connectivity index (χ4n) is 3.77. The van der Waals surface area contributed by atoms with Crippen molar-refractivity contribution in [1.82, 2.24) is 24.6 Å². The summed E-state index contributed by atoms with van der Waals surface area (Å²) in [6, 6.07) is 5.95. The summed E-state index contributed by atoms with van der Waals surface area (Å²) in [4.78, 5) is 17.2. The normalized spacial score (nSPS) is 17.8. The van der Waals surface area contributed by atoms with E-state index >= 15 is 0 Å². The first-order chi connectivity index (χ1) is 12.6. The van der Waals surface area contributed by atoms with E-state index in [2.05, 4.69) is 41.4 Å². The van der Waals surface area contributed by atoms with Crippen molar-refractivity contribution in [2.24, 2.45) is 0 Å². The molecule has 3 aromatic rings. The molecule has 0 saturated carbocycles. The second kappa shape index (κ2) is 6.78. The van der Waals surface area contributed by atoms with Crippen molar-refractivity contribution in [3.8, 4) is 17.1 Å². The monoisotopic (exact) mass is 349 g/mol. The molecule has 1 amide bonds. The number of amides is 1. The lowest BCUT2D eigenvalue weighted by atomic mass is 10.0. The first-order valence-electron chi connectivity index (χ1n) is 9.07. The van der Waals surface area contributed by atoms with Gasteiger partial charge in [0.1, 0.15) is 11.9 Å². The summed E-state index contributed by atoms with van der Waals surface area (Å²) in [6.07, 6.45) is 10.3. The van der Waals surface area contributed by atoms with Gasteiger partial charge in [-0.3, -0.25) is 4.79 Å². The molecule has 6 nitrogen and oxygen atoms in total. The van der Waals surface area contributed by atoms with Gasteiger partial charge in [-0.2, -0.15) is 5.10 Å². The number of aryl methyl sites for hydroxylation is 2. The molecular formula is C20H23N5O. The highest BCUT2D eigenvalue weighted by Crippen LogP contribution is 2.33. The molecule has 1 atom stereocenters. The Kier molecular flexibility index (Phi) is 4.32. The van der Waals surface area contributed by atoms with Crippen LogP contribution in [0.2, 0.25) is 0 Å². The quantitative estimate of drug-likeness (QED) is 0.790. The molecule has 1 aromatic carbocycles. The highest BCUT2D eigenvalue weighted by atomic mass is 16.2. The molecular weight excluding hydrogens is 326 g/mol. The van der Waals surface area contributed by atoms with E-state index in [1.165, 1.54) is 5.56 Å². The Bertz CT molecular complexity index is 926. The molecule has 134 valence electrons. The summed E-state index contributed by atoms with van der Waals surface area (Å²) in [6.45, 7) is 4.91. The third-order valence-electron chi connectivity index (χ3n) is 4.94. The van der Waals surface area contributed by atoms with Gasteiger partial charge in [0.2, 0.25) is 5.91 Å². The van der Waals surface area contributed by atoms with Crippen LogP contribution in [0.3, 0.4) is 0 Å². The Morgan fingerprint density at radius 2 is 2.04 bits per heavy atom. The van der Waals surface area contributed by atoms with Gasteiger partial charge in [0.25, 0.3) is 0 Å². The predicted molar refractivity (Wildman–Crippen MR) is 100 cm³/mol. The van der Waals surface area contributed by atoms with Crippen LogP contribution in [0.25, 0.3) is 17.1 Å². The molecule has 6 heteroatoms. The van der Waals surface area contributed by atoms with Gasteiger partial charge in [-0.05, 0) is 56.4 Å². The molecule has 4 rings (SSSR count). The number of nitrogens with zero attached hydrogens (tertiary/aromatic N) is 4. The lowest BCUT2D eigenvalue weighted by Crippen LogP contribution is -2.31. The molecule has 26 heavy (non-hydrogen) atoms. The van der Waals surface area contributed by atoms with Gasteiger partial charge in [0.05, 0.1) is 5.69 Å². The minimum Gasteiger partial charge on any atom is -0.354 e. The Labute approximate surface area is 152 Å². The van der Waals surface area contributed by atoms with Crippen molar-refractivity contribution in [2.75, 3.05) is 6.54 Å². The molecule has 0 aliphatic carbocycles. The maximum atomic E-state index is 12.6. The van der Waals surface area contributed by atoms with Crippen molar-refractivity contribution in [3.05, 3.63) is 54.1 Å². The number of rotatable bonds is 3. The van der Waals surface area contributed by atoms with E-state index in [1.807, 2.05) is 27.7 Å². The summed E-state index contributed by atoms with van der Waals surface area (Å²) in [5, 5.41) is 7.43. The Balaban J connectivity index is 1.88. The van der Waals surface area contributed by atoms with Crippen molar-refractivity contribution in [2.45, 2.75) is 39.2 Å². The SMILES string of the molecule is Cc1cc(C)c(-c2nccn2C2CCCCNC2=O)c(-n2cccn2)c1. The summed E-state index contributed by atoms with van der Waals surface area (Å²) in [5.41, 5.74) is 4.29. The second-order valence-corrected chi connectivity index (χ2v) is 6.89. The van der Waals surface area contributed by atoms with Gasteiger partial charge < -0.3 is 9.88 Å². The van der Waals surface area contributed by atoms with Gasteiger partial charge in [0.15, 0.2) is 0 Å². The maximum absolute atomic E-state index is 12.6. The summed E-state index contributed by atoms with van der Waals surface area (Å²) in [5.74, 6) is 0.891. The van der Waals surface area contributed by atoms with Gasteiger partial charge in [-0.25, -0.2) is 9.67 Å². The van der Waals surface area contributed by atoms with E-state index in [-0.39, 0.29) is 11.9 Å². The fourth-order valence-corrected chi connectivity index (χ4v) is 3.77. The fraction of sp³-hybridized carbons (Fsp3) is 0.350. The molecule has 1 aliphatic heterocycles. The van der Waals surface area contributed by atoms with Crippen molar-refractivity contribution >= 4 is 5.91 Å². The van der Waals surface area contributed by atoms with Crippen LogP contribution in [-0.4, -0.2) is 31.8 Å². The molecule has 1 aliphatic rings. The highest BCUT2D eigenvalue weighted by Gasteiger charge is 2.26. The summed E-state index contributed by atoms with van der Waals surface area (Å²) < 4.78 is 3.88. The number of carbonyl (C=O) groups is 1. The first kappa shape index (κ1) is 16.6. The molecule has 1 saturated heterocycles. The first-order valence-corrected chi connectivity index (χ1v) is 9.07. The van der Waals surface area contributed by atoms with Crippen molar-refractivity contribution in [1.29, 1.82) is 0 Å². The standard InChI is InChI=1S/C20H23N5O/c1-14-12-15(2)18(17(13-14)25-10-5-8-23-25)19-21-9-11-24(19)16-6-3-4-7-22-20(16)26/h5,8-13,16H,3-4,6-7H2,1-2H3,(H,22,26). The molecule has 0 bridgehead atoms. The molecule has 3 heterocycles. The van der Waals surface area contributed by atoms with Crippen LogP contribution in [0.4, 0.5) is 0 Å². The topological polar surface area (TPSA) is 64.7 Å². The van der Waals surface area contributed by atoms with E-state index in [9.17, 15) is 4.79 Å². The smallest absolute Gasteiger partial charge is 0.243 e. The van der Waals surface area contributed by atoms with Crippen LogP contribution in [0.1, 0.15) is 36.4 Å². The molecule has 1 unspecified atom stereocenters. The maximum Gasteiger partial charge on any atom is 0.243 e. The van der Waals surface area contributed by atoms with Crippen LogP contribution >= 0.6 is 0 Å². The van der Waals surface area contributed by atoms with Gasteiger partial charge >= 0.3 is 0 Å². The number of nitrogens with one attached hydrogen (secondary N) is 1. The lowest BCUT2D eigenvalue weighted by molar-refractivity contribution is -0.124.